The van der Waals surface area contributed by atoms with Gasteiger partial charge in [0.05, 0.1) is 0 Å². The van der Waals surface area contributed by atoms with Crippen molar-refractivity contribution in [3.05, 3.63) is 11.6 Å². The Bertz CT molecular complexity index is 353. The first-order valence-corrected chi connectivity index (χ1v) is 6.04. The molecule has 1 aromatic heterocycles. The quantitative estimate of drug-likeness (QED) is 0.813. The molecule has 1 aliphatic carbocycles. The van der Waals surface area contributed by atoms with E-state index in [1.54, 1.807) is 0 Å². The largest absolute Gasteiger partial charge is 0.330 e. The van der Waals surface area contributed by atoms with Crippen LogP contribution < -0.4 is 5.73 Å². The average molecular weight is 206 g/mol. The van der Waals surface area contributed by atoms with Crippen molar-refractivity contribution in [2.75, 3.05) is 6.54 Å². The van der Waals surface area contributed by atoms with Gasteiger partial charge >= 0.3 is 0 Å². The van der Waals surface area contributed by atoms with Crippen molar-refractivity contribution in [3.8, 4) is 0 Å². The van der Waals surface area contributed by atoms with E-state index in [1.165, 1.54) is 37.3 Å². The zero-order valence-corrected chi connectivity index (χ0v) is 9.02. The third kappa shape index (κ3) is 1.57. The highest BCUT2D eigenvalue weighted by Crippen LogP contribution is 2.41. The Morgan fingerprint density at radius 3 is 2.87 bits per heavy atom. The summed E-state index contributed by atoms with van der Waals surface area (Å²) in [5.41, 5.74) is 5.67. The number of rotatable bonds is 3. The molecule has 1 aromatic rings. The Morgan fingerprint density at radius 1 is 1.27 bits per heavy atom. The highest BCUT2D eigenvalue weighted by molar-refractivity contribution is 5.11. The second kappa shape index (κ2) is 3.59. The van der Waals surface area contributed by atoms with Crippen LogP contribution in [0.15, 0.2) is 0 Å². The maximum Gasteiger partial charge on any atom is 0.136 e. The molecule has 15 heavy (non-hydrogen) atoms. The van der Waals surface area contributed by atoms with Gasteiger partial charge in [0.1, 0.15) is 11.6 Å². The van der Waals surface area contributed by atoms with Crippen molar-refractivity contribution in [2.45, 2.75) is 50.5 Å². The van der Waals surface area contributed by atoms with Crippen LogP contribution in [0.2, 0.25) is 0 Å². The van der Waals surface area contributed by atoms with Gasteiger partial charge in [-0.2, -0.15) is 0 Å². The van der Waals surface area contributed by atoms with Gasteiger partial charge in [0, 0.05) is 18.4 Å². The third-order valence-corrected chi connectivity index (χ3v) is 3.54. The van der Waals surface area contributed by atoms with Crippen LogP contribution >= 0.6 is 0 Å². The Morgan fingerprint density at radius 2 is 2.13 bits per heavy atom. The molecule has 2 N–H and O–H groups in total. The SMILES string of the molecule is NCCC1CCCc2nnc(C3CC3)n21. The summed E-state index contributed by atoms with van der Waals surface area (Å²) in [6, 6.07) is 0.573. The number of aromatic nitrogens is 3. The Balaban J connectivity index is 1.95. The van der Waals surface area contributed by atoms with E-state index in [0.29, 0.717) is 12.0 Å². The van der Waals surface area contributed by atoms with Crippen molar-refractivity contribution < 1.29 is 0 Å². The van der Waals surface area contributed by atoms with E-state index < -0.39 is 0 Å². The minimum Gasteiger partial charge on any atom is -0.330 e. The van der Waals surface area contributed by atoms with Crippen LogP contribution in [0.5, 0.6) is 0 Å². The number of hydrogen-bond acceptors (Lipinski definition) is 3. The molecule has 1 aliphatic heterocycles. The summed E-state index contributed by atoms with van der Waals surface area (Å²) in [4.78, 5) is 0. The van der Waals surface area contributed by atoms with Crippen LogP contribution in [0.4, 0.5) is 0 Å². The summed E-state index contributed by atoms with van der Waals surface area (Å²) in [7, 11) is 0. The molecule has 4 nitrogen and oxygen atoms in total. The standard InChI is InChI=1S/C11H18N4/c12-7-6-9-2-1-3-10-13-14-11(15(9)10)8-4-5-8/h8-9H,1-7,12H2. The van der Waals surface area contributed by atoms with E-state index in [2.05, 4.69) is 14.8 Å². The molecule has 1 unspecified atom stereocenters. The number of nitrogens with zero attached hydrogens (tertiary/aromatic N) is 3. The molecule has 1 fully saturated rings. The van der Waals surface area contributed by atoms with Gasteiger partial charge in [0.15, 0.2) is 0 Å². The predicted molar refractivity (Wildman–Crippen MR) is 57.6 cm³/mol. The monoisotopic (exact) mass is 206 g/mol. The molecule has 0 saturated heterocycles. The first kappa shape index (κ1) is 9.33. The van der Waals surface area contributed by atoms with E-state index in [9.17, 15) is 0 Å². The molecule has 1 atom stereocenters. The fourth-order valence-corrected chi connectivity index (χ4v) is 2.62. The van der Waals surface area contributed by atoms with Crippen LogP contribution in [-0.2, 0) is 6.42 Å². The molecular formula is C11H18N4. The molecule has 82 valence electrons. The molecule has 1 saturated carbocycles. The second-order valence-electron chi connectivity index (χ2n) is 4.74. The Labute approximate surface area is 89.9 Å². The number of hydrogen-bond donors (Lipinski definition) is 1. The minimum absolute atomic E-state index is 0.573. The maximum atomic E-state index is 5.67. The number of nitrogens with two attached hydrogens (primary N) is 1. The number of fused-ring (bicyclic) bond motifs is 1. The molecule has 0 amide bonds. The highest BCUT2D eigenvalue weighted by atomic mass is 15.3. The lowest BCUT2D eigenvalue weighted by Crippen LogP contribution is -2.22. The maximum absolute atomic E-state index is 5.67. The first-order valence-electron chi connectivity index (χ1n) is 6.04. The molecular weight excluding hydrogens is 188 g/mol. The van der Waals surface area contributed by atoms with Crippen molar-refractivity contribution >= 4 is 0 Å². The van der Waals surface area contributed by atoms with Crippen molar-refractivity contribution in [2.24, 2.45) is 5.73 Å². The van der Waals surface area contributed by atoms with Gasteiger partial charge in [0.2, 0.25) is 0 Å². The lowest BCUT2D eigenvalue weighted by molar-refractivity contribution is 0.369. The van der Waals surface area contributed by atoms with Gasteiger partial charge in [-0.15, -0.1) is 10.2 Å². The van der Waals surface area contributed by atoms with Crippen LogP contribution in [0.3, 0.4) is 0 Å². The van der Waals surface area contributed by atoms with E-state index in [4.69, 9.17) is 5.73 Å². The molecule has 4 heteroatoms. The fraction of sp³-hybridized carbons (Fsp3) is 0.818. The van der Waals surface area contributed by atoms with E-state index in [1.807, 2.05) is 0 Å². The molecule has 0 bridgehead atoms. The summed E-state index contributed by atoms with van der Waals surface area (Å²) in [5, 5.41) is 8.69. The molecule has 0 radical (unpaired) electrons. The van der Waals surface area contributed by atoms with Gasteiger partial charge in [-0.1, -0.05) is 0 Å². The van der Waals surface area contributed by atoms with Gasteiger partial charge in [-0.05, 0) is 38.6 Å². The Hall–Kier alpha value is -0.900. The zero-order chi connectivity index (χ0) is 10.3. The van der Waals surface area contributed by atoms with Crippen molar-refractivity contribution in [1.82, 2.24) is 14.8 Å². The summed E-state index contributed by atoms with van der Waals surface area (Å²) in [6.45, 7) is 0.770. The van der Waals surface area contributed by atoms with Gasteiger partial charge in [-0.25, -0.2) is 0 Å². The lowest BCUT2D eigenvalue weighted by atomic mass is 10.0. The van der Waals surface area contributed by atoms with Crippen LogP contribution in [0.25, 0.3) is 0 Å². The highest BCUT2D eigenvalue weighted by Gasteiger charge is 2.33. The normalized spacial score (nSPS) is 25.3. The summed E-state index contributed by atoms with van der Waals surface area (Å²) in [5.74, 6) is 3.13. The lowest BCUT2D eigenvalue weighted by Gasteiger charge is -2.25. The Kier molecular flexibility index (Phi) is 2.24. The molecule has 3 rings (SSSR count). The summed E-state index contributed by atoms with van der Waals surface area (Å²) >= 11 is 0. The van der Waals surface area contributed by atoms with E-state index in [0.717, 1.165) is 19.4 Å². The fourth-order valence-electron chi connectivity index (χ4n) is 2.62. The topological polar surface area (TPSA) is 56.7 Å². The molecule has 0 aromatic carbocycles. The number of aryl methyl sites for hydroxylation is 1. The van der Waals surface area contributed by atoms with Gasteiger partial charge in [-0.3, -0.25) is 0 Å². The van der Waals surface area contributed by atoms with E-state index in [-0.39, 0.29) is 0 Å². The van der Waals surface area contributed by atoms with Crippen LogP contribution in [0.1, 0.15) is 55.7 Å². The first-order chi connectivity index (χ1) is 7.40. The average Bonchev–Trinajstić information content (AvgIpc) is 3.00. The van der Waals surface area contributed by atoms with Gasteiger partial charge in [0.25, 0.3) is 0 Å². The van der Waals surface area contributed by atoms with Crippen LogP contribution in [0, 0.1) is 0 Å². The predicted octanol–water partition coefficient (Wildman–Crippen LogP) is 1.38. The van der Waals surface area contributed by atoms with Crippen molar-refractivity contribution in [3.63, 3.8) is 0 Å². The van der Waals surface area contributed by atoms with E-state index >= 15 is 0 Å². The summed E-state index contributed by atoms with van der Waals surface area (Å²) in [6.07, 6.45) is 7.27. The zero-order valence-electron chi connectivity index (χ0n) is 9.02. The third-order valence-electron chi connectivity index (χ3n) is 3.54. The van der Waals surface area contributed by atoms with Gasteiger partial charge < -0.3 is 10.3 Å². The molecule has 2 heterocycles. The summed E-state index contributed by atoms with van der Waals surface area (Å²) < 4.78 is 2.40. The van der Waals surface area contributed by atoms with Crippen LogP contribution in [-0.4, -0.2) is 21.3 Å². The molecule has 2 aliphatic rings. The minimum atomic E-state index is 0.573. The molecule has 0 spiro atoms. The smallest absolute Gasteiger partial charge is 0.136 e. The van der Waals surface area contributed by atoms with Crippen molar-refractivity contribution in [1.29, 1.82) is 0 Å². The second-order valence-corrected chi connectivity index (χ2v) is 4.74.